The Morgan fingerprint density at radius 3 is 2.94 bits per heavy atom. The maximum Gasteiger partial charge on any atom is 0.122 e. The Hall–Kier alpha value is -0.870. The van der Waals surface area contributed by atoms with Crippen molar-refractivity contribution >= 4 is 0 Å². The Kier molecular flexibility index (Phi) is 3.84. The molecule has 2 rings (SSSR count). The van der Waals surface area contributed by atoms with Crippen LogP contribution in [0.2, 0.25) is 0 Å². The van der Waals surface area contributed by atoms with Gasteiger partial charge in [-0.3, -0.25) is 4.90 Å². The molecule has 4 heteroatoms. The van der Waals surface area contributed by atoms with Crippen LogP contribution in [0.1, 0.15) is 32.0 Å². The fraction of sp³-hybridized carbons (Fsp3) is 0.769. The molecule has 1 aliphatic heterocycles. The van der Waals surface area contributed by atoms with Gasteiger partial charge < -0.3 is 9.88 Å². The summed E-state index contributed by atoms with van der Waals surface area (Å²) in [5.41, 5.74) is 0.333. The molecule has 1 unspecified atom stereocenters. The minimum absolute atomic E-state index is 0.333. The molecule has 1 aromatic heterocycles. The lowest BCUT2D eigenvalue weighted by Gasteiger charge is -2.33. The van der Waals surface area contributed by atoms with Crippen LogP contribution in [0.5, 0.6) is 0 Å². The number of imidazole rings is 1. The number of likely N-dealkylation sites (N-methyl/N-ethyl adjacent to an activating group) is 1. The number of hydrogen-bond acceptors (Lipinski definition) is 3. The Morgan fingerprint density at radius 2 is 2.41 bits per heavy atom. The van der Waals surface area contributed by atoms with Gasteiger partial charge in [0.05, 0.1) is 6.54 Å². The molecule has 1 aliphatic rings. The molecular weight excluding hydrogens is 212 g/mol. The van der Waals surface area contributed by atoms with Crippen LogP contribution in [0, 0.1) is 0 Å². The first-order chi connectivity index (χ1) is 8.15. The summed E-state index contributed by atoms with van der Waals surface area (Å²) in [7, 11) is 4.24. The van der Waals surface area contributed by atoms with Gasteiger partial charge in [0, 0.05) is 31.5 Å². The zero-order valence-corrected chi connectivity index (χ0v) is 11.2. The van der Waals surface area contributed by atoms with Gasteiger partial charge in [-0.2, -0.15) is 0 Å². The van der Waals surface area contributed by atoms with E-state index in [0.717, 1.165) is 18.9 Å². The van der Waals surface area contributed by atoms with Crippen molar-refractivity contribution in [1.29, 1.82) is 0 Å². The van der Waals surface area contributed by atoms with Crippen molar-refractivity contribution in [3.63, 3.8) is 0 Å². The summed E-state index contributed by atoms with van der Waals surface area (Å²) >= 11 is 0. The molecule has 1 saturated heterocycles. The summed E-state index contributed by atoms with van der Waals surface area (Å²) in [5, 5.41) is 3.68. The fourth-order valence-electron chi connectivity index (χ4n) is 2.78. The summed E-state index contributed by atoms with van der Waals surface area (Å²) in [6, 6.07) is 0. The smallest absolute Gasteiger partial charge is 0.122 e. The number of nitrogens with one attached hydrogen (secondary N) is 1. The summed E-state index contributed by atoms with van der Waals surface area (Å²) in [5.74, 6) is 1.14. The van der Waals surface area contributed by atoms with E-state index < -0.39 is 0 Å². The number of aryl methyl sites for hydroxylation is 1. The molecule has 17 heavy (non-hydrogen) atoms. The van der Waals surface area contributed by atoms with Gasteiger partial charge >= 0.3 is 0 Å². The summed E-state index contributed by atoms with van der Waals surface area (Å²) in [6.45, 7) is 5.49. The molecule has 1 fully saturated rings. The van der Waals surface area contributed by atoms with Gasteiger partial charge in [0.25, 0.3) is 0 Å². The summed E-state index contributed by atoms with van der Waals surface area (Å²) in [4.78, 5) is 6.76. The van der Waals surface area contributed by atoms with Gasteiger partial charge in [-0.1, -0.05) is 6.92 Å². The van der Waals surface area contributed by atoms with E-state index in [1.54, 1.807) is 0 Å². The molecule has 4 nitrogen and oxygen atoms in total. The largest absolute Gasteiger partial charge is 0.337 e. The molecule has 0 radical (unpaired) electrons. The monoisotopic (exact) mass is 236 g/mol. The molecule has 96 valence electrons. The van der Waals surface area contributed by atoms with Gasteiger partial charge in [0.1, 0.15) is 5.82 Å². The Labute approximate surface area is 104 Å². The predicted molar refractivity (Wildman–Crippen MR) is 69.8 cm³/mol. The van der Waals surface area contributed by atoms with Crippen molar-refractivity contribution in [2.45, 2.75) is 38.3 Å². The maximum absolute atomic E-state index is 4.38. The molecule has 1 aromatic rings. The van der Waals surface area contributed by atoms with E-state index in [1.807, 2.05) is 12.4 Å². The molecule has 0 aliphatic carbocycles. The zero-order chi connectivity index (χ0) is 12.3. The lowest BCUT2D eigenvalue weighted by molar-refractivity contribution is 0.209. The van der Waals surface area contributed by atoms with Crippen molar-refractivity contribution in [2.75, 3.05) is 20.1 Å². The topological polar surface area (TPSA) is 33.1 Å². The average Bonchev–Trinajstić information content (AvgIpc) is 2.90. The molecule has 0 amide bonds. The molecule has 0 saturated carbocycles. The van der Waals surface area contributed by atoms with Crippen LogP contribution in [0.25, 0.3) is 0 Å². The minimum atomic E-state index is 0.333. The first kappa shape index (κ1) is 12.6. The van der Waals surface area contributed by atoms with E-state index in [9.17, 15) is 0 Å². The maximum atomic E-state index is 4.38. The highest BCUT2D eigenvalue weighted by Crippen LogP contribution is 2.24. The second kappa shape index (κ2) is 5.19. The van der Waals surface area contributed by atoms with Crippen molar-refractivity contribution in [2.24, 2.45) is 7.05 Å². The fourth-order valence-corrected chi connectivity index (χ4v) is 2.78. The Bertz CT molecular complexity index is 352. The summed E-state index contributed by atoms with van der Waals surface area (Å²) in [6.07, 6.45) is 7.69. The molecule has 0 aromatic carbocycles. The van der Waals surface area contributed by atoms with Gasteiger partial charge in [-0.15, -0.1) is 0 Å². The third-order valence-electron chi connectivity index (χ3n) is 3.91. The molecule has 2 heterocycles. The number of nitrogens with zero attached hydrogens (tertiary/aromatic N) is 3. The van der Waals surface area contributed by atoms with Crippen LogP contribution < -0.4 is 5.32 Å². The molecule has 0 spiro atoms. The molecule has 1 atom stereocenters. The van der Waals surface area contributed by atoms with Crippen LogP contribution in [-0.4, -0.2) is 40.1 Å². The van der Waals surface area contributed by atoms with Crippen molar-refractivity contribution in [3.05, 3.63) is 18.2 Å². The minimum Gasteiger partial charge on any atom is -0.337 e. The van der Waals surface area contributed by atoms with E-state index in [0.29, 0.717) is 5.54 Å². The zero-order valence-electron chi connectivity index (χ0n) is 11.2. The highest BCUT2D eigenvalue weighted by Gasteiger charge is 2.32. The molecule has 1 N–H and O–H groups in total. The van der Waals surface area contributed by atoms with E-state index in [2.05, 4.69) is 40.8 Å². The second-order valence-corrected chi connectivity index (χ2v) is 5.29. The van der Waals surface area contributed by atoms with E-state index >= 15 is 0 Å². The van der Waals surface area contributed by atoms with Crippen LogP contribution >= 0.6 is 0 Å². The second-order valence-electron chi connectivity index (χ2n) is 5.29. The third-order valence-corrected chi connectivity index (χ3v) is 3.91. The first-order valence-electron chi connectivity index (χ1n) is 6.55. The highest BCUT2D eigenvalue weighted by atomic mass is 15.2. The van der Waals surface area contributed by atoms with E-state index in [4.69, 9.17) is 0 Å². The lowest BCUT2D eigenvalue weighted by atomic mass is 9.93. The van der Waals surface area contributed by atoms with Crippen LogP contribution in [0.3, 0.4) is 0 Å². The van der Waals surface area contributed by atoms with Gasteiger partial charge in [0.2, 0.25) is 0 Å². The van der Waals surface area contributed by atoms with Crippen molar-refractivity contribution in [3.8, 4) is 0 Å². The van der Waals surface area contributed by atoms with Gasteiger partial charge in [-0.05, 0) is 32.9 Å². The van der Waals surface area contributed by atoms with Gasteiger partial charge in [0.15, 0.2) is 0 Å². The highest BCUT2D eigenvalue weighted by molar-refractivity contribution is 4.96. The summed E-state index contributed by atoms with van der Waals surface area (Å²) < 4.78 is 2.09. The van der Waals surface area contributed by atoms with Crippen molar-refractivity contribution < 1.29 is 0 Å². The number of hydrogen-bond donors (Lipinski definition) is 1. The number of aromatic nitrogens is 2. The Morgan fingerprint density at radius 1 is 1.59 bits per heavy atom. The predicted octanol–water partition coefficient (Wildman–Crippen LogP) is 1.38. The standard InChI is InChI=1S/C13H24N4/c1-4-13(6-5-7-15-13)11-16(2)10-12-14-8-9-17(12)3/h8-9,15H,4-7,10-11H2,1-3H3. The molecular formula is C13H24N4. The van der Waals surface area contributed by atoms with E-state index in [1.165, 1.54) is 25.8 Å². The first-order valence-corrected chi connectivity index (χ1v) is 6.55. The quantitative estimate of drug-likeness (QED) is 0.838. The van der Waals surface area contributed by atoms with Crippen LogP contribution in [0.4, 0.5) is 0 Å². The Balaban J connectivity index is 1.92. The van der Waals surface area contributed by atoms with Crippen LogP contribution in [-0.2, 0) is 13.6 Å². The van der Waals surface area contributed by atoms with Gasteiger partial charge in [-0.25, -0.2) is 4.98 Å². The lowest BCUT2D eigenvalue weighted by Crippen LogP contribution is -2.48. The third kappa shape index (κ3) is 2.87. The molecule has 0 bridgehead atoms. The SMILES string of the molecule is CCC1(CN(C)Cc2nccn2C)CCCN1. The number of rotatable bonds is 5. The average molecular weight is 236 g/mol. The normalized spacial score (nSPS) is 24.7. The van der Waals surface area contributed by atoms with Crippen LogP contribution in [0.15, 0.2) is 12.4 Å². The van der Waals surface area contributed by atoms with Crippen molar-refractivity contribution in [1.82, 2.24) is 19.8 Å². The van der Waals surface area contributed by atoms with E-state index in [-0.39, 0.29) is 0 Å².